The molecule has 31 heavy (non-hydrogen) atoms. The molecule has 0 bridgehead atoms. The minimum Gasteiger partial charge on any atom is -0.493 e. The molecular formula is C23H32FNO5S. The van der Waals surface area contributed by atoms with Gasteiger partial charge in [0.25, 0.3) is 5.91 Å². The van der Waals surface area contributed by atoms with Gasteiger partial charge in [0.15, 0.2) is 0 Å². The summed E-state index contributed by atoms with van der Waals surface area (Å²) in [6, 6.07) is 2.75. The quantitative estimate of drug-likeness (QED) is 0.635. The number of halogens is 1. The first-order chi connectivity index (χ1) is 14.9. The monoisotopic (exact) mass is 453 g/mol. The van der Waals surface area contributed by atoms with Crippen molar-refractivity contribution in [3.8, 4) is 5.75 Å². The lowest BCUT2D eigenvalue weighted by atomic mass is 9.97. The summed E-state index contributed by atoms with van der Waals surface area (Å²) in [6.45, 7) is 0.559. The van der Waals surface area contributed by atoms with E-state index in [1.165, 1.54) is 25.0 Å². The van der Waals surface area contributed by atoms with E-state index in [2.05, 4.69) is 4.72 Å². The molecule has 172 valence electrons. The molecule has 3 fully saturated rings. The number of hydrogen-bond acceptors (Lipinski definition) is 5. The lowest BCUT2D eigenvalue weighted by molar-refractivity contribution is 0.0716. The average molecular weight is 454 g/mol. The first-order valence-electron chi connectivity index (χ1n) is 11.4. The molecule has 0 aliphatic heterocycles. The molecule has 0 unspecified atom stereocenters. The fourth-order valence-electron chi connectivity index (χ4n) is 4.81. The van der Waals surface area contributed by atoms with Gasteiger partial charge >= 0.3 is 0 Å². The standard InChI is InChI=1S/C23H32FNO5S/c1-29-17-8-10-18(11-9-17)31(27,28)25-23(26)20-12-19(16-6-7-16)22(13-21(20)24)30-14-15-4-2-3-5-15/h12-13,15-18H,2-11,14H2,1H3,(H,25,26). The zero-order chi connectivity index (χ0) is 22.0. The number of methoxy groups -OCH3 is 1. The van der Waals surface area contributed by atoms with Crippen LogP contribution in [-0.2, 0) is 14.8 Å². The van der Waals surface area contributed by atoms with E-state index in [1.54, 1.807) is 7.11 Å². The Kier molecular flexibility index (Phi) is 6.86. The Balaban J connectivity index is 1.46. The predicted octanol–water partition coefficient (Wildman–Crippen LogP) is 4.29. The van der Waals surface area contributed by atoms with Crippen molar-refractivity contribution in [2.24, 2.45) is 5.92 Å². The molecule has 0 aromatic heterocycles. The predicted molar refractivity (Wildman–Crippen MR) is 115 cm³/mol. The van der Waals surface area contributed by atoms with Gasteiger partial charge in [0, 0.05) is 13.2 Å². The van der Waals surface area contributed by atoms with E-state index >= 15 is 0 Å². The van der Waals surface area contributed by atoms with Crippen molar-refractivity contribution in [1.82, 2.24) is 4.72 Å². The van der Waals surface area contributed by atoms with Crippen molar-refractivity contribution >= 4 is 15.9 Å². The summed E-state index contributed by atoms with van der Waals surface area (Å²) in [5, 5.41) is -0.664. The third kappa shape index (κ3) is 5.40. The second-order valence-corrected chi connectivity index (χ2v) is 11.2. The lowest BCUT2D eigenvalue weighted by Gasteiger charge is -2.27. The van der Waals surface area contributed by atoms with Gasteiger partial charge in [-0.3, -0.25) is 4.79 Å². The summed E-state index contributed by atoms with van der Waals surface area (Å²) in [5.74, 6) is -0.426. The SMILES string of the molecule is COC1CCC(S(=O)(=O)NC(=O)c2cc(C3CC3)c(OCC3CCCC3)cc2F)CC1. The van der Waals surface area contributed by atoms with Gasteiger partial charge in [-0.25, -0.2) is 17.5 Å². The van der Waals surface area contributed by atoms with E-state index in [0.717, 1.165) is 31.2 Å². The van der Waals surface area contributed by atoms with Gasteiger partial charge in [-0.1, -0.05) is 12.8 Å². The molecular weight excluding hydrogens is 421 g/mol. The van der Waals surface area contributed by atoms with Gasteiger partial charge in [-0.05, 0) is 74.8 Å². The van der Waals surface area contributed by atoms with Crippen molar-refractivity contribution in [2.45, 2.75) is 81.5 Å². The van der Waals surface area contributed by atoms with E-state index in [-0.39, 0.29) is 17.6 Å². The molecule has 3 aliphatic carbocycles. The van der Waals surface area contributed by atoms with Gasteiger partial charge < -0.3 is 9.47 Å². The summed E-state index contributed by atoms with van der Waals surface area (Å²) in [5.41, 5.74) is 0.576. The fourth-order valence-corrected chi connectivity index (χ4v) is 6.24. The molecule has 3 saturated carbocycles. The summed E-state index contributed by atoms with van der Waals surface area (Å²) in [4.78, 5) is 12.7. The van der Waals surface area contributed by atoms with Gasteiger partial charge in [-0.15, -0.1) is 0 Å². The van der Waals surface area contributed by atoms with Crippen molar-refractivity contribution in [1.29, 1.82) is 0 Å². The zero-order valence-corrected chi connectivity index (χ0v) is 18.9. The maximum atomic E-state index is 14.8. The van der Waals surface area contributed by atoms with Gasteiger partial charge in [-0.2, -0.15) is 0 Å². The zero-order valence-electron chi connectivity index (χ0n) is 18.1. The Bertz CT molecular complexity index is 901. The Morgan fingerprint density at radius 3 is 2.35 bits per heavy atom. The largest absolute Gasteiger partial charge is 0.493 e. The fraction of sp³-hybridized carbons (Fsp3) is 0.696. The van der Waals surface area contributed by atoms with Crippen LogP contribution in [0.2, 0.25) is 0 Å². The maximum Gasteiger partial charge on any atom is 0.267 e. The number of amides is 1. The number of ether oxygens (including phenoxy) is 2. The Morgan fingerprint density at radius 1 is 1.06 bits per heavy atom. The molecule has 0 radical (unpaired) electrons. The Morgan fingerprint density at radius 2 is 1.74 bits per heavy atom. The van der Waals surface area contributed by atoms with E-state index < -0.39 is 27.0 Å². The van der Waals surface area contributed by atoms with Crippen LogP contribution < -0.4 is 9.46 Å². The van der Waals surface area contributed by atoms with Crippen LogP contribution in [0.1, 0.15) is 86.0 Å². The minimum absolute atomic E-state index is 0.0532. The Hall–Kier alpha value is -1.67. The van der Waals surface area contributed by atoms with E-state index in [9.17, 15) is 17.6 Å². The summed E-state index contributed by atoms with van der Waals surface area (Å²) >= 11 is 0. The highest BCUT2D eigenvalue weighted by molar-refractivity contribution is 7.90. The van der Waals surface area contributed by atoms with E-state index in [1.807, 2.05) is 0 Å². The van der Waals surface area contributed by atoms with Crippen LogP contribution in [0.25, 0.3) is 0 Å². The summed E-state index contributed by atoms with van der Waals surface area (Å²) in [6.07, 6.45) is 8.76. The summed E-state index contributed by atoms with van der Waals surface area (Å²) in [7, 11) is -2.27. The molecule has 0 heterocycles. The number of nitrogens with one attached hydrogen (secondary N) is 1. The first-order valence-corrected chi connectivity index (χ1v) is 13.0. The molecule has 1 amide bonds. The molecule has 6 nitrogen and oxygen atoms in total. The van der Waals surface area contributed by atoms with Gasteiger partial charge in [0.1, 0.15) is 11.6 Å². The van der Waals surface area contributed by atoms with Gasteiger partial charge in [0.05, 0.1) is 23.5 Å². The molecule has 0 saturated heterocycles. The van der Waals surface area contributed by atoms with Crippen LogP contribution in [0.3, 0.4) is 0 Å². The average Bonchev–Trinajstić information content (AvgIpc) is 3.46. The van der Waals surface area contributed by atoms with Crippen LogP contribution in [-0.4, -0.2) is 39.4 Å². The first kappa shape index (κ1) is 22.5. The number of benzene rings is 1. The summed E-state index contributed by atoms with van der Waals surface area (Å²) < 4.78 is 53.6. The molecule has 0 spiro atoms. The number of carbonyl (C=O) groups is 1. The van der Waals surface area contributed by atoms with Crippen LogP contribution in [0, 0.1) is 11.7 Å². The highest BCUT2D eigenvalue weighted by Crippen LogP contribution is 2.45. The number of carbonyl (C=O) groups excluding carboxylic acids is 1. The van der Waals surface area contributed by atoms with Crippen molar-refractivity contribution < 1.29 is 27.1 Å². The smallest absolute Gasteiger partial charge is 0.267 e. The Labute approximate surface area is 183 Å². The van der Waals surface area contributed by atoms with Crippen LogP contribution in [0.5, 0.6) is 5.75 Å². The van der Waals surface area contributed by atoms with Crippen molar-refractivity contribution in [3.63, 3.8) is 0 Å². The highest BCUT2D eigenvalue weighted by atomic mass is 32.2. The molecule has 3 aliphatic rings. The maximum absolute atomic E-state index is 14.8. The molecule has 4 rings (SSSR count). The number of hydrogen-bond donors (Lipinski definition) is 1. The van der Waals surface area contributed by atoms with Crippen molar-refractivity contribution in [2.75, 3.05) is 13.7 Å². The molecule has 0 atom stereocenters. The lowest BCUT2D eigenvalue weighted by Crippen LogP contribution is -2.41. The highest BCUT2D eigenvalue weighted by Gasteiger charge is 2.34. The van der Waals surface area contributed by atoms with E-state index in [4.69, 9.17) is 9.47 Å². The van der Waals surface area contributed by atoms with Crippen molar-refractivity contribution in [3.05, 3.63) is 29.1 Å². The second kappa shape index (κ2) is 9.45. The minimum atomic E-state index is -3.88. The third-order valence-electron chi connectivity index (χ3n) is 6.94. The topological polar surface area (TPSA) is 81.7 Å². The van der Waals surface area contributed by atoms with Crippen LogP contribution >= 0.6 is 0 Å². The molecule has 1 aromatic carbocycles. The number of rotatable bonds is 8. The molecule has 1 aromatic rings. The van der Waals surface area contributed by atoms with Gasteiger partial charge in [0.2, 0.25) is 10.0 Å². The molecule has 8 heteroatoms. The second-order valence-electron chi connectivity index (χ2n) is 9.22. The normalized spacial score (nSPS) is 24.8. The van der Waals surface area contributed by atoms with Crippen LogP contribution in [0.15, 0.2) is 12.1 Å². The third-order valence-corrected chi connectivity index (χ3v) is 8.76. The molecule has 1 N–H and O–H groups in total. The van der Waals surface area contributed by atoms with E-state index in [0.29, 0.717) is 44.0 Å². The van der Waals surface area contributed by atoms with Crippen LogP contribution in [0.4, 0.5) is 4.39 Å². The number of sulfonamides is 1.